The lowest BCUT2D eigenvalue weighted by atomic mass is 10.0. The highest BCUT2D eigenvalue weighted by atomic mass is 19.1. The number of imidazole rings is 1. The molecule has 2 amide bonds. The normalized spacial score (nSPS) is 36.4. The van der Waals surface area contributed by atoms with Crippen LogP contribution in [0.25, 0.3) is 0 Å². The summed E-state index contributed by atoms with van der Waals surface area (Å²) in [6.07, 6.45) is 6.09. The number of anilines is 1. The van der Waals surface area contributed by atoms with Gasteiger partial charge >= 0.3 is 0 Å². The maximum atomic E-state index is 14.7. The summed E-state index contributed by atoms with van der Waals surface area (Å²) in [5.74, 6) is 2.09. The lowest BCUT2D eigenvalue weighted by Gasteiger charge is -2.32. The Morgan fingerprint density at radius 1 is 1.21 bits per heavy atom. The maximum Gasteiger partial charge on any atom is 0.243 e. The SMILES string of the molecule is Cc1cn(C)c(N2C[C@H](NC(=O)[C@@H]3CC[C@@H]4C[C@H]5C[C@@H]5CCC(=O)N43)[C@@H](F)C2)n1. The van der Waals surface area contributed by atoms with Crippen molar-refractivity contribution in [1.82, 2.24) is 19.8 Å². The largest absolute Gasteiger partial charge is 0.347 e. The highest BCUT2D eigenvalue weighted by Gasteiger charge is 2.48. The van der Waals surface area contributed by atoms with E-state index in [-0.39, 0.29) is 24.4 Å². The molecule has 0 radical (unpaired) electrons. The average Bonchev–Trinajstić information content (AvgIpc) is 2.95. The Hall–Kier alpha value is -2.12. The molecule has 0 bridgehead atoms. The first kappa shape index (κ1) is 18.9. The topological polar surface area (TPSA) is 70.5 Å². The van der Waals surface area contributed by atoms with Gasteiger partial charge in [0.1, 0.15) is 12.2 Å². The van der Waals surface area contributed by atoms with Crippen molar-refractivity contribution in [3.05, 3.63) is 11.9 Å². The predicted molar refractivity (Wildman–Crippen MR) is 106 cm³/mol. The van der Waals surface area contributed by atoms with E-state index in [9.17, 15) is 14.0 Å². The number of aryl methyl sites for hydroxylation is 2. The third-order valence-corrected chi connectivity index (χ3v) is 7.30. The Labute approximate surface area is 170 Å². The van der Waals surface area contributed by atoms with Crippen molar-refractivity contribution in [1.29, 1.82) is 0 Å². The summed E-state index contributed by atoms with van der Waals surface area (Å²) in [5, 5.41) is 2.92. The van der Waals surface area contributed by atoms with Gasteiger partial charge in [-0.1, -0.05) is 0 Å². The molecule has 0 unspecified atom stereocenters. The molecule has 158 valence electrons. The quantitative estimate of drug-likeness (QED) is 0.831. The fraction of sp³-hybridized carbons (Fsp3) is 0.762. The van der Waals surface area contributed by atoms with Crippen molar-refractivity contribution in [3.63, 3.8) is 0 Å². The predicted octanol–water partition coefficient (Wildman–Crippen LogP) is 1.55. The molecule has 1 saturated carbocycles. The molecule has 5 rings (SSSR count). The molecule has 4 aliphatic rings. The molecule has 0 spiro atoms. The van der Waals surface area contributed by atoms with Gasteiger partial charge in [0.25, 0.3) is 0 Å². The van der Waals surface area contributed by atoms with Crippen LogP contribution in [0.5, 0.6) is 0 Å². The number of nitrogens with one attached hydrogen (secondary N) is 1. The summed E-state index contributed by atoms with van der Waals surface area (Å²) in [6.45, 7) is 2.52. The number of hydrogen-bond donors (Lipinski definition) is 1. The summed E-state index contributed by atoms with van der Waals surface area (Å²) in [5.41, 5.74) is 0.885. The van der Waals surface area contributed by atoms with Gasteiger partial charge in [0.15, 0.2) is 0 Å². The van der Waals surface area contributed by atoms with Gasteiger partial charge in [0.2, 0.25) is 17.8 Å². The molecule has 6 atom stereocenters. The van der Waals surface area contributed by atoms with E-state index in [0.29, 0.717) is 19.4 Å². The molecule has 7 nitrogen and oxygen atoms in total. The molecular weight excluding hydrogens is 373 g/mol. The summed E-state index contributed by atoms with van der Waals surface area (Å²) in [6, 6.07) is -0.832. The van der Waals surface area contributed by atoms with E-state index < -0.39 is 18.3 Å². The maximum absolute atomic E-state index is 14.7. The number of hydrogen-bond acceptors (Lipinski definition) is 4. The molecule has 29 heavy (non-hydrogen) atoms. The molecule has 1 N–H and O–H groups in total. The standard InChI is InChI=1S/C21H30FN5O2/c1-12-9-25(2)21(23-12)26-10-16(22)17(11-26)24-20(29)18-5-4-15-8-14-7-13(14)3-6-19(28)27(15)18/h9,13-18H,3-8,10-11H2,1-2H3,(H,24,29)/t13-,14+,15+,16-,17-,18-/m0/s1. The van der Waals surface area contributed by atoms with E-state index in [4.69, 9.17) is 0 Å². The van der Waals surface area contributed by atoms with E-state index in [2.05, 4.69) is 10.3 Å². The molecule has 8 heteroatoms. The summed E-state index contributed by atoms with van der Waals surface area (Å²) < 4.78 is 16.6. The van der Waals surface area contributed by atoms with E-state index in [1.165, 1.54) is 6.42 Å². The van der Waals surface area contributed by atoms with Crippen LogP contribution in [0.2, 0.25) is 0 Å². The van der Waals surface area contributed by atoms with Crippen LogP contribution in [0, 0.1) is 18.8 Å². The highest BCUT2D eigenvalue weighted by Crippen LogP contribution is 2.49. The molecule has 1 aromatic rings. The van der Waals surface area contributed by atoms with Crippen LogP contribution in [-0.2, 0) is 16.6 Å². The molecule has 3 aliphatic heterocycles. The smallest absolute Gasteiger partial charge is 0.243 e. The van der Waals surface area contributed by atoms with Gasteiger partial charge in [-0.3, -0.25) is 9.59 Å². The van der Waals surface area contributed by atoms with E-state index in [1.807, 2.05) is 34.5 Å². The van der Waals surface area contributed by atoms with Crippen molar-refractivity contribution < 1.29 is 14.0 Å². The monoisotopic (exact) mass is 403 g/mol. The number of halogens is 1. The van der Waals surface area contributed by atoms with E-state index >= 15 is 0 Å². The summed E-state index contributed by atoms with van der Waals surface area (Å²) >= 11 is 0. The van der Waals surface area contributed by atoms with Crippen LogP contribution in [0.4, 0.5) is 10.3 Å². The van der Waals surface area contributed by atoms with Crippen LogP contribution in [0.15, 0.2) is 6.20 Å². The fourth-order valence-electron chi connectivity index (χ4n) is 5.73. The van der Waals surface area contributed by atoms with Gasteiger partial charge in [0.05, 0.1) is 18.3 Å². The molecule has 3 saturated heterocycles. The molecule has 4 heterocycles. The fourth-order valence-corrected chi connectivity index (χ4v) is 5.73. The second kappa shape index (κ2) is 6.99. The number of aromatic nitrogens is 2. The lowest BCUT2D eigenvalue weighted by molar-refractivity contribution is -0.141. The zero-order chi connectivity index (χ0) is 20.3. The van der Waals surface area contributed by atoms with Crippen molar-refractivity contribution in [2.24, 2.45) is 18.9 Å². The first-order valence-corrected chi connectivity index (χ1v) is 10.9. The molecule has 0 aromatic carbocycles. The Morgan fingerprint density at radius 3 is 2.79 bits per heavy atom. The van der Waals surface area contributed by atoms with Crippen LogP contribution in [0.3, 0.4) is 0 Å². The number of nitrogens with zero attached hydrogens (tertiary/aromatic N) is 4. The van der Waals surface area contributed by atoms with E-state index in [1.54, 1.807) is 0 Å². The average molecular weight is 404 g/mol. The van der Waals surface area contributed by atoms with E-state index in [0.717, 1.165) is 42.7 Å². The Kier molecular flexibility index (Phi) is 4.55. The third kappa shape index (κ3) is 3.40. The van der Waals surface area contributed by atoms with Crippen molar-refractivity contribution in [2.45, 2.75) is 69.7 Å². The molecule has 1 aromatic heterocycles. The number of fused-ring (bicyclic) bond motifs is 2. The van der Waals surface area contributed by atoms with Crippen molar-refractivity contribution in [3.8, 4) is 0 Å². The second-order valence-electron chi connectivity index (χ2n) is 9.41. The summed E-state index contributed by atoms with van der Waals surface area (Å²) in [4.78, 5) is 34.0. The number of carbonyl (C=O) groups is 2. The Morgan fingerprint density at radius 2 is 2.03 bits per heavy atom. The van der Waals surface area contributed by atoms with Gasteiger partial charge in [0, 0.05) is 32.3 Å². The van der Waals surface area contributed by atoms with Crippen LogP contribution >= 0.6 is 0 Å². The van der Waals surface area contributed by atoms with Gasteiger partial charge in [-0.05, 0) is 50.9 Å². The zero-order valence-electron chi connectivity index (χ0n) is 17.2. The van der Waals surface area contributed by atoms with Gasteiger partial charge < -0.3 is 19.7 Å². The lowest BCUT2D eigenvalue weighted by Crippen LogP contribution is -2.53. The Bertz CT molecular complexity index is 826. The first-order valence-electron chi connectivity index (χ1n) is 10.9. The Balaban J connectivity index is 1.25. The minimum Gasteiger partial charge on any atom is -0.347 e. The molecule has 4 fully saturated rings. The number of carbonyl (C=O) groups excluding carboxylic acids is 2. The highest BCUT2D eigenvalue weighted by molar-refractivity contribution is 5.89. The minimum atomic E-state index is -1.15. The van der Waals surface area contributed by atoms with Crippen LogP contribution < -0.4 is 10.2 Å². The third-order valence-electron chi connectivity index (χ3n) is 7.30. The van der Waals surface area contributed by atoms with Gasteiger partial charge in [-0.2, -0.15) is 0 Å². The second-order valence-corrected chi connectivity index (χ2v) is 9.41. The van der Waals surface area contributed by atoms with Crippen molar-refractivity contribution in [2.75, 3.05) is 18.0 Å². The van der Waals surface area contributed by atoms with Crippen LogP contribution in [0.1, 0.15) is 44.2 Å². The number of rotatable bonds is 3. The minimum absolute atomic E-state index is 0.103. The number of alkyl halides is 1. The number of amides is 2. The van der Waals surface area contributed by atoms with Gasteiger partial charge in [-0.15, -0.1) is 0 Å². The first-order chi connectivity index (χ1) is 13.9. The van der Waals surface area contributed by atoms with Gasteiger partial charge in [-0.25, -0.2) is 9.37 Å². The molecule has 1 aliphatic carbocycles. The molecular formula is C21H30FN5O2. The van der Waals surface area contributed by atoms with Crippen molar-refractivity contribution >= 4 is 17.8 Å². The summed E-state index contributed by atoms with van der Waals surface area (Å²) in [7, 11) is 1.89. The zero-order valence-corrected chi connectivity index (χ0v) is 17.2. The van der Waals surface area contributed by atoms with Crippen LogP contribution in [-0.4, -0.2) is 63.7 Å².